The average molecular weight is 372 g/mol. The first-order valence-electron chi connectivity index (χ1n) is 7.52. The zero-order chi connectivity index (χ0) is 19.2. The van der Waals surface area contributed by atoms with Gasteiger partial charge in [0.05, 0.1) is 24.2 Å². The molecule has 0 aliphatic heterocycles. The zero-order valence-electron chi connectivity index (χ0n) is 14.9. The molecular weight excluding hydrogens is 348 g/mol. The molecule has 0 fully saturated rings. The first-order valence-corrected chi connectivity index (χ1v) is 8.96. The molecule has 0 radical (unpaired) electrons. The number of imide groups is 1. The van der Waals surface area contributed by atoms with Gasteiger partial charge in [0.25, 0.3) is 0 Å². The second kappa shape index (κ2) is 8.67. The molecule has 0 aliphatic carbocycles. The highest BCUT2D eigenvalue weighted by Gasteiger charge is 2.19. The molecule has 0 unspecified atom stereocenters. The van der Waals surface area contributed by atoms with Gasteiger partial charge in [0, 0.05) is 20.1 Å². The largest absolute Gasteiger partial charge is 0.495 e. The van der Waals surface area contributed by atoms with E-state index in [-0.39, 0.29) is 17.5 Å². The van der Waals surface area contributed by atoms with Gasteiger partial charge in [0.2, 0.25) is 15.9 Å². The maximum absolute atomic E-state index is 12.2. The molecule has 25 heavy (non-hydrogen) atoms. The summed E-state index contributed by atoms with van der Waals surface area (Å²) < 4.78 is 30.6. The van der Waals surface area contributed by atoms with Crippen LogP contribution < -0.4 is 20.7 Å². The highest BCUT2D eigenvalue weighted by Crippen LogP contribution is 2.28. The first kappa shape index (κ1) is 20.7. The number of anilines is 1. The van der Waals surface area contributed by atoms with Gasteiger partial charge in [-0.15, -0.1) is 0 Å². The molecular formula is C15H24N4O5S. The summed E-state index contributed by atoms with van der Waals surface area (Å²) in [5.74, 6) is -0.196. The molecule has 3 N–H and O–H groups in total. The predicted octanol–water partition coefficient (Wildman–Crippen LogP) is 0.592. The number of hydrogen-bond acceptors (Lipinski definition) is 6. The highest BCUT2D eigenvalue weighted by atomic mass is 32.2. The van der Waals surface area contributed by atoms with Crippen LogP contribution in [0.5, 0.6) is 5.75 Å². The molecule has 1 rings (SSSR count). The fourth-order valence-electron chi connectivity index (χ4n) is 1.84. The Kier molecular flexibility index (Phi) is 7.19. The first-order chi connectivity index (χ1) is 11.6. The standard InChI is InChI=1S/C15H24N4O5S/c1-10(2)17-15(21)18-14(20)9-16-12-8-11(6-7-13(12)24-5)25(22,23)19(3)4/h6-8,10,16H,9H2,1-5H3,(H2,17,18,20,21). The Morgan fingerprint density at radius 2 is 1.88 bits per heavy atom. The van der Waals surface area contributed by atoms with E-state index in [1.165, 1.54) is 39.4 Å². The van der Waals surface area contributed by atoms with Crippen LogP contribution in [0.25, 0.3) is 0 Å². The van der Waals surface area contributed by atoms with Gasteiger partial charge < -0.3 is 15.4 Å². The third-order valence-electron chi connectivity index (χ3n) is 3.06. The normalized spacial score (nSPS) is 11.3. The predicted molar refractivity (Wildman–Crippen MR) is 94.2 cm³/mol. The molecule has 0 bridgehead atoms. The molecule has 3 amide bonds. The zero-order valence-corrected chi connectivity index (χ0v) is 15.7. The number of nitrogens with zero attached hydrogens (tertiary/aromatic N) is 1. The summed E-state index contributed by atoms with van der Waals surface area (Å²) in [7, 11) is 0.653. The summed E-state index contributed by atoms with van der Waals surface area (Å²) in [6.07, 6.45) is 0. The molecule has 0 atom stereocenters. The summed E-state index contributed by atoms with van der Waals surface area (Å²) >= 11 is 0. The number of urea groups is 1. The van der Waals surface area contributed by atoms with Gasteiger partial charge in [-0.1, -0.05) is 0 Å². The third-order valence-corrected chi connectivity index (χ3v) is 4.87. The van der Waals surface area contributed by atoms with E-state index in [2.05, 4.69) is 16.0 Å². The number of rotatable bonds is 7. The van der Waals surface area contributed by atoms with Crippen LogP contribution in [0.4, 0.5) is 10.5 Å². The van der Waals surface area contributed by atoms with Crippen molar-refractivity contribution in [1.29, 1.82) is 0 Å². The molecule has 10 heteroatoms. The number of carbonyl (C=O) groups is 2. The summed E-state index contributed by atoms with van der Waals surface area (Å²) in [5.41, 5.74) is 0.324. The Labute approximate surface area is 147 Å². The number of benzene rings is 1. The molecule has 0 aromatic heterocycles. The van der Waals surface area contributed by atoms with Crippen LogP contribution in [0.1, 0.15) is 13.8 Å². The van der Waals surface area contributed by atoms with E-state index >= 15 is 0 Å². The number of ether oxygens (including phenoxy) is 1. The van der Waals surface area contributed by atoms with Crippen LogP contribution in [0.15, 0.2) is 23.1 Å². The van der Waals surface area contributed by atoms with Gasteiger partial charge >= 0.3 is 6.03 Å². The minimum absolute atomic E-state index is 0.0544. The van der Waals surface area contributed by atoms with E-state index in [1.807, 2.05) is 0 Å². The molecule has 0 saturated heterocycles. The fraction of sp³-hybridized carbons (Fsp3) is 0.467. The van der Waals surface area contributed by atoms with E-state index < -0.39 is 22.0 Å². The van der Waals surface area contributed by atoms with Crippen molar-refractivity contribution in [1.82, 2.24) is 14.9 Å². The lowest BCUT2D eigenvalue weighted by Gasteiger charge is -2.15. The van der Waals surface area contributed by atoms with Crippen molar-refractivity contribution in [2.45, 2.75) is 24.8 Å². The Bertz CT molecular complexity index is 731. The lowest BCUT2D eigenvalue weighted by Crippen LogP contribution is -2.44. The molecule has 0 aliphatic rings. The number of amides is 3. The Hall–Kier alpha value is -2.33. The van der Waals surface area contributed by atoms with Crippen molar-refractivity contribution in [3.05, 3.63) is 18.2 Å². The van der Waals surface area contributed by atoms with Crippen LogP contribution in [0, 0.1) is 0 Å². The van der Waals surface area contributed by atoms with Crippen LogP contribution in [-0.2, 0) is 14.8 Å². The van der Waals surface area contributed by atoms with Gasteiger partial charge in [-0.2, -0.15) is 0 Å². The lowest BCUT2D eigenvalue weighted by atomic mass is 10.3. The van der Waals surface area contributed by atoms with Crippen LogP contribution >= 0.6 is 0 Å². The molecule has 0 heterocycles. The van der Waals surface area contributed by atoms with Crippen molar-refractivity contribution in [3.63, 3.8) is 0 Å². The topological polar surface area (TPSA) is 117 Å². The second-order valence-electron chi connectivity index (χ2n) is 5.68. The molecule has 0 saturated carbocycles. The number of nitrogens with one attached hydrogen (secondary N) is 3. The number of hydrogen-bond donors (Lipinski definition) is 3. The van der Waals surface area contributed by atoms with E-state index in [4.69, 9.17) is 4.74 Å². The summed E-state index contributed by atoms with van der Waals surface area (Å²) in [5, 5.41) is 7.47. The van der Waals surface area contributed by atoms with Gasteiger partial charge in [0.15, 0.2) is 0 Å². The molecule has 140 valence electrons. The van der Waals surface area contributed by atoms with Crippen molar-refractivity contribution in [2.75, 3.05) is 33.1 Å². The number of carbonyl (C=O) groups excluding carboxylic acids is 2. The average Bonchev–Trinajstić information content (AvgIpc) is 2.51. The number of methoxy groups -OCH3 is 1. The van der Waals surface area contributed by atoms with E-state index in [1.54, 1.807) is 13.8 Å². The van der Waals surface area contributed by atoms with Crippen molar-refractivity contribution >= 4 is 27.6 Å². The Morgan fingerprint density at radius 3 is 2.40 bits per heavy atom. The van der Waals surface area contributed by atoms with Crippen molar-refractivity contribution in [3.8, 4) is 5.75 Å². The molecule has 1 aromatic rings. The van der Waals surface area contributed by atoms with E-state index in [9.17, 15) is 18.0 Å². The summed E-state index contributed by atoms with van der Waals surface area (Å²) in [6.45, 7) is 3.31. The Balaban J connectivity index is 2.87. The lowest BCUT2D eigenvalue weighted by molar-refractivity contribution is -0.118. The van der Waals surface area contributed by atoms with Gasteiger partial charge in [-0.3, -0.25) is 10.1 Å². The smallest absolute Gasteiger partial charge is 0.321 e. The maximum atomic E-state index is 12.2. The Morgan fingerprint density at radius 1 is 1.24 bits per heavy atom. The molecule has 9 nitrogen and oxygen atoms in total. The molecule has 1 aromatic carbocycles. The maximum Gasteiger partial charge on any atom is 0.321 e. The highest BCUT2D eigenvalue weighted by molar-refractivity contribution is 7.89. The SMILES string of the molecule is COc1ccc(S(=O)(=O)N(C)C)cc1NCC(=O)NC(=O)NC(C)C. The summed E-state index contributed by atoms with van der Waals surface area (Å²) in [4.78, 5) is 23.3. The van der Waals surface area contributed by atoms with E-state index in [0.717, 1.165) is 4.31 Å². The third kappa shape index (κ3) is 5.91. The van der Waals surface area contributed by atoms with Crippen LogP contribution in [0.2, 0.25) is 0 Å². The van der Waals surface area contributed by atoms with Gasteiger partial charge in [-0.05, 0) is 32.0 Å². The van der Waals surface area contributed by atoms with Gasteiger partial charge in [-0.25, -0.2) is 17.5 Å². The van der Waals surface area contributed by atoms with Crippen LogP contribution in [0.3, 0.4) is 0 Å². The second-order valence-corrected chi connectivity index (χ2v) is 7.83. The van der Waals surface area contributed by atoms with Gasteiger partial charge in [0.1, 0.15) is 5.75 Å². The number of sulfonamides is 1. The van der Waals surface area contributed by atoms with Crippen LogP contribution in [-0.4, -0.2) is 58.5 Å². The van der Waals surface area contributed by atoms with Crippen molar-refractivity contribution < 1.29 is 22.7 Å². The molecule has 0 spiro atoms. The minimum atomic E-state index is -3.62. The monoisotopic (exact) mass is 372 g/mol. The minimum Gasteiger partial charge on any atom is -0.495 e. The van der Waals surface area contributed by atoms with Crippen molar-refractivity contribution in [2.24, 2.45) is 0 Å². The quantitative estimate of drug-likeness (QED) is 0.645. The van der Waals surface area contributed by atoms with E-state index in [0.29, 0.717) is 11.4 Å². The summed E-state index contributed by atoms with van der Waals surface area (Å²) in [6, 6.07) is 3.57. The fourth-order valence-corrected chi connectivity index (χ4v) is 2.77.